The molecule has 6 heteroatoms. The molecule has 2 rings (SSSR count). The van der Waals surface area contributed by atoms with Crippen molar-refractivity contribution >= 4 is 17.5 Å². The zero-order valence-corrected chi connectivity index (χ0v) is 17.4. The van der Waals surface area contributed by atoms with E-state index >= 15 is 0 Å². The van der Waals surface area contributed by atoms with Gasteiger partial charge >= 0.3 is 0 Å². The summed E-state index contributed by atoms with van der Waals surface area (Å²) in [6.45, 7) is 6.72. The number of amides is 2. The number of benzene rings is 2. The molecule has 0 unspecified atom stereocenters. The highest BCUT2D eigenvalue weighted by Gasteiger charge is 2.16. The Labute approximate surface area is 172 Å². The molecule has 0 aliphatic carbocycles. The van der Waals surface area contributed by atoms with Crippen LogP contribution >= 0.6 is 0 Å². The van der Waals surface area contributed by atoms with Crippen LogP contribution < -0.4 is 21.1 Å². The number of ether oxygens (including phenoxy) is 1. The largest absolute Gasteiger partial charge is 0.493 e. The molecule has 0 spiro atoms. The summed E-state index contributed by atoms with van der Waals surface area (Å²) in [7, 11) is 0. The number of aryl methyl sites for hydroxylation is 1. The average molecular weight is 398 g/mol. The topological polar surface area (TPSA) is 93.5 Å². The smallest absolute Gasteiger partial charge is 0.237 e. The van der Waals surface area contributed by atoms with Crippen molar-refractivity contribution in [3.05, 3.63) is 59.7 Å². The molecule has 4 N–H and O–H groups in total. The number of nitrogens with one attached hydrogen (secondary N) is 2. The summed E-state index contributed by atoms with van der Waals surface area (Å²) < 4.78 is 5.71. The summed E-state index contributed by atoms with van der Waals surface area (Å²) in [5.41, 5.74) is 8.58. The van der Waals surface area contributed by atoms with Crippen LogP contribution in [0.15, 0.2) is 48.5 Å². The molecule has 2 aromatic rings. The van der Waals surface area contributed by atoms with Gasteiger partial charge in [0.1, 0.15) is 5.75 Å². The van der Waals surface area contributed by atoms with E-state index in [1.807, 2.05) is 69.3 Å². The fourth-order valence-corrected chi connectivity index (χ4v) is 2.67. The summed E-state index contributed by atoms with van der Waals surface area (Å²) in [4.78, 5) is 24.0. The monoisotopic (exact) mass is 397 g/mol. The van der Waals surface area contributed by atoms with Gasteiger partial charge in [-0.3, -0.25) is 9.59 Å². The third-order valence-electron chi connectivity index (χ3n) is 4.62. The average Bonchev–Trinajstić information content (AvgIpc) is 2.71. The predicted octanol–water partition coefficient (Wildman–Crippen LogP) is 3.39. The number of hydrogen-bond donors (Lipinski definition) is 3. The fraction of sp³-hybridized carbons (Fsp3) is 0.391. The van der Waals surface area contributed by atoms with Crippen LogP contribution in [0.1, 0.15) is 37.8 Å². The lowest BCUT2D eigenvalue weighted by Crippen LogP contribution is -2.43. The highest BCUT2D eigenvalue weighted by atomic mass is 16.5. The summed E-state index contributed by atoms with van der Waals surface area (Å²) in [5, 5.41) is 5.70. The van der Waals surface area contributed by atoms with Crippen LogP contribution in [0.4, 0.5) is 5.69 Å². The first-order chi connectivity index (χ1) is 13.9. The van der Waals surface area contributed by atoms with Crippen molar-refractivity contribution in [3.63, 3.8) is 0 Å². The first-order valence-corrected chi connectivity index (χ1v) is 9.97. The van der Waals surface area contributed by atoms with Crippen LogP contribution in [0.25, 0.3) is 0 Å². The van der Waals surface area contributed by atoms with E-state index in [-0.39, 0.29) is 17.7 Å². The molecule has 6 nitrogen and oxygen atoms in total. The molecule has 0 saturated carbocycles. The molecule has 0 saturated heterocycles. The van der Waals surface area contributed by atoms with Crippen molar-refractivity contribution < 1.29 is 14.3 Å². The Morgan fingerprint density at radius 3 is 2.41 bits per heavy atom. The van der Waals surface area contributed by atoms with Crippen LogP contribution in [-0.2, 0) is 16.1 Å². The maximum atomic E-state index is 12.1. The first kappa shape index (κ1) is 22.4. The number of carbonyl (C=O) groups is 2. The number of hydrogen-bond acceptors (Lipinski definition) is 4. The Bertz CT molecular complexity index is 803. The number of anilines is 1. The highest BCUT2D eigenvalue weighted by molar-refractivity contribution is 5.90. The lowest BCUT2D eigenvalue weighted by atomic mass is 10.0. The molecule has 0 heterocycles. The molecule has 29 heavy (non-hydrogen) atoms. The van der Waals surface area contributed by atoms with E-state index in [0.29, 0.717) is 26.0 Å². The summed E-state index contributed by atoms with van der Waals surface area (Å²) in [6, 6.07) is 14.7. The molecule has 0 aliphatic heterocycles. The van der Waals surface area contributed by atoms with Gasteiger partial charge in [0.15, 0.2) is 0 Å². The number of carbonyl (C=O) groups excluding carboxylic acids is 2. The molecular weight excluding hydrogens is 366 g/mol. The van der Waals surface area contributed by atoms with Crippen LogP contribution in [0.2, 0.25) is 0 Å². The standard InChI is InChI=1S/C23H31N3O3/c1-16(2)22(24)23(28)25-15-18-10-12-19(13-11-18)26-21(27)9-6-14-29-20-8-5-4-7-17(20)3/h4-5,7-8,10-13,16,22H,6,9,14-15,24H2,1-3H3,(H,25,28)(H,26,27)/t22-/m0/s1. The molecule has 0 bridgehead atoms. The zero-order chi connectivity index (χ0) is 21.2. The van der Waals surface area contributed by atoms with Gasteiger partial charge in [0.25, 0.3) is 0 Å². The van der Waals surface area contributed by atoms with Crippen molar-refractivity contribution in [2.45, 2.75) is 46.2 Å². The van der Waals surface area contributed by atoms with Crippen molar-refractivity contribution in [2.24, 2.45) is 11.7 Å². The van der Waals surface area contributed by atoms with Gasteiger partial charge in [-0.05, 0) is 48.6 Å². The second-order valence-electron chi connectivity index (χ2n) is 7.45. The van der Waals surface area contributed by atoms with Crippen LogP contribution in [0.3, 0.4) is 0 Å². The van der Waals surface area contributed by atoms with Crippen LogP contribution in [0.5, 0.6) is 5.75 Å². The molecule has 2 amide bonds. The second kappa shape index (κ2) is 11.2. The van der Waals surface area contributed by atoms with Crippen LogP contribution in [0, 0.1) is 12.8 Å². The predicted molar refractivity (Wildman–Crippen MR) is 116 cm³/mol. The van der Waals surface area contributed by atoms with Gasteiger partial charge in [0.2, 0.25) is 11.8 Å². The van der Waals surface area contributed by atoms with Crippen molar-refractivity contribution in [2.75, 3.05) is 11.9 Å². The molecule has 0 aliphatic rings. The Morgan fingerprint density at radius 2 is 1.76 bits per heavy atom. The number of nitrogens with two attached hydrogens (primary N) is 1. The Hall–Kier alpha value is -2.86. The lowest BCUT2D eigenvalue weighted by Gasteiger charge is -2.15. The summed E-state index contributed by atoms with van der Waals surface area (Å²) >= 11 is 0. The van der Waals surface area contributed by atoms with E-state index in [1.165, 1.54) is 0 Å². The minimum absolute atomic E-state index is 0.0534. The lowest BCUT2D eigenvalue weighted by molar-refractivity contribution is -0.123. The summed E-state index contributed by atoms with van der Waals surface area (Å²) in [6.07, 6.45) is 1.02. The van der Waals surface area contributed by atoms with Gasteiger partial charge in [-0.15, -0.1) is 0 Å². The minimum atomic E-state index is -0.511. The molecule has 2 aromatic carbocycles. The van der Waals surface area contributed by atoms with Gasteiger partial charge in [-0.2, -0.15) is 0 Å². The first-order valence-electron chi connectivity index (χ1n) is 9.97. The molecular formula is C23H31N3O3. The van der Waals surface area contributed by atoms with E-state index in [0.717, 1.165) is 22.6 Å². The van der Waals surface area contributed by atoms with Gasteiger partial charge in [0, 0.05) is 18.7 Å². The minimum Gasteiger partial charge on any atom is -0.493 e. The molecule has 0 aromatic heterocycles. The maximum absolute atomic E-state index is 12.1. The van der Waals surface area contributed by atoms with Crippen molar-refractivity contribution in [3.8, 4) is 5.75 Å². The Kier molecular flexibility index (Phi) is 8.68. The molecule has 156 valence electrons. The third-order valence-corrected chi connectivity index (χ3v) is 4.62. The molecule has 1 atom stereocenters. The van der Waals surface area contributed by atoms with Crippen molar-refractivity contribution in [1.29, 1.82) is 0 Å². The third kappa shape index (κ3) is 7.58. The van der Waals surface area contributed by atoms with Crippen molar-refractivity contribution in [1.82, 2.24) is 5.32 Å². The normalized spacial score (nSPS) is 11.8. The number of para-hydroxylation sites is 1. The fourth-order valence-electron chi connectivity index (χ4n) is 2.67. The quantitative estimate of drug-likeness (QED) is 0.536. The zero-order valence-electron chi connectivity index (χ0n) is 17.4. The van der Waals surface area contributed by atoms with E-state index in [1.54, 1.807) is 0 Å². The van der Waals surface area contributed by atoms with Gasteiger partial charge in [0.05, 0.1) is 12.6 Å². The van der Waals surface area contributed by atoms with Crippen LogP contribution in [-0.4, -0.2) is 24.5 Å². The van der Waals surface area contributed by atoms with E-state index < -0.39 is 6.04 Å². The van der Waals surface area contributed by atoms with E-state index in [4.69, 9.17) is 10.5 Å². The number of rotatable bonds is 10. The van der Waals surface area contributed by atoms with Gasteiger partial charge in [-0.25, -0.2) is 0 Å². The SMILES string of the molecule is Cc1ccccc1OCCCC(=O)Nc1ccc(CNC(=O)[C@@H](N)C(C)C)cc1. The molecule has 0 radical (unpaired) electrons. The Balaban J connectivity index is 1.70. The van der Waals surface area contributed by atoms with E-state index in [2.05, 4.69) is 10.6 Å². The summed E-state index contributed by atoms with van der Waals surface area (Å²) in [5.74, 6) is 0.729. The van der Waals surface area contributed by atoms with Gasteiger partial charge < -0.3 is 21.1 Å². The van der Waals surface area contributed by atoms with Gasteiger partial charge in [-0.1, -0.05) is 44.2 Å². The Morgan fingerprint density at radius 1 is 1.07 bits per heavy atom. The molecule has 0 fully saturated rings. The highest BCUT2D eigenvalue weighted by Crippen LogP contribution is 2.16. The van der Waals surface area contributed by atoms with E-state index in [9.17, 15) is 9.59 Å². The second-order valence-corrected chi connectivity index (χ2v) is 7.45. The maximum Gasteiger partial charge on any atom is 0.237 e.